The van der Waals surface area contributed by atoms with E-state index in [4.69, 9.17) is 0 Å². The molecule has 0 atom stereocenters. The van der Waals surface area contributed by atoms with Crippen LogP contribution in [0.25, 0.3) is 10.9 Å². The Morgan fingerprint density at radius 1 is 1.27 bits per heavy atom. The SMILES string of the molecule is CCC(C)(C)NC(=O)CCn1c(=O)[nH]c(=O)c2ccccc21. The predicted octanol–water partition coefficient (Wildman–Crippen LogP) is 1.38. The largest absolute Gasteiger partial charge is 0.351 e. The first kappa shape index (κ1) is 16.0. The number of rotatable bonds is 5. The zero-order chi connectivity index (χ0) is 16.3. The molecule has 0 saturated heterocycles. The molecule has 0 fully saturated rings. The molecule has 118 valence electrons. The number of hydrogen-bond acceptors (Lipinski definition) is 3. The topological polar surface area (TPSA) is 84.0 Å². The van der Waals surface area contributed by atoms with E-state index in [9.17, 15) is 14.4 Å². The van der Waals surface area contributed by atoms with Crippen LogP contribution >= 0.6 is 0 Å². The first-order valence-corrected chi connectivity index (χ1v) is 7.37. The maximum atomic E-state index is 12.0. The molecule has 0 spiro atoms. The summed E-state index contributed by atoms with van der Waals surface area (Å²) >= 11 is 0. The monoisotopic (exact) mass is 303 g/mol. The van der Waals surface area contributed by atoms with E-state index in [0.717, 1.165) is 6.42 Å². The van der Waals surface area contributed by atoms with E-state index in [2.05, 4.69) is 10.3 Å². The quantitative estimate of drug-likeness (QED) is 0.875. The van der Waals surface area contributed by atoms with Crippen LogP contribution in [-0.2, 0) is 11.3 Å². The molecule has 1 aromatic carbocycles. The fourth-order valence-corrected chi connectivity index (χ4v) is 2.21. The van der Waals surface area contributed by atoms with Gasteiger partial charge in [-0.05, 0) is 32.4 Å². The third-order valence-corrected chi connectivity index (χ3v) is 3.83. The van der Waals surface area contributed by atoms with Crippen molar-refractivity contribution in [1.29, 1.82) is 0 Å². The van der Waals surface area contributed by atoms with Crippen LogP contribution in [0, 0.1) is 0 Å². The van der Waals surface area contributed by atoms with E-state index in [1.165, 1.54) is 4.57 Å². The highest BCUT2D eigenvalue weighted by molar-refractivity contribution is 5.79. The average molecular weight is 303 g/mol. The van der Waals surface area contributed by atoms with Gasteiger partial charge in [-0.3, -0.25) is 19.1 Å². The number of fused-ring (bicyclic) bond motifs is 1. The van der Waals surface area contributed by atoms with Crippen LogP contribution in [0.15, 0.2) is 33.9 Å². The van der Waals surface area contributed by atoms with Crippen molar-refractivity contribution in [3.05, 3.63) is 45.1 Å². The van der Waals surface area contributed by atoms with Crippen LogP contribution in [0.2, 0.25) is 0 Å². The highest BCUT2D eigenvalue weighted by atomic mass is 16.2. The zero-order valence-corrected chi connectivity index (χ0v) is 13.1. The van der Waals surface area contributed by atoms with E-state index >= 15 is 0 Å². The molecule has 6 nitrogen and oxygen atoms in total. The first-order chi connectivity index (χ1) is 10.3. The summed E-state index contributed by atoms with van der Waals surface area (Å²) in [4.78, 5) is 38.0. The maximum absolute atomic E-state index is 12.0. The lowest BCUT2D eigenvalue weighted by atomic mass is 10.0. The van der Waals surface area contributed by atoms with Crippen molar-refractivity contribution < 1.29 is 4.79 Å². The first-order valence-electron chi connectivity index (χ1n) is 7.37. The van der Waals surface area contributed by atoms with Crippen LogP contribution in [0.1, 0.15) is 33.6 Å². The summed E-state index contributed by atoms with van der Waals surface area (Å²) in [6.07, 6.45) is 1.000. The molecule has 0 aliphatic rings. The summed E-state index contributed by atoms with van der Waals surface area (Å²) in [5.41, 5.74) is -0.631. The molecule has 6 heteroatoms. The molecule has 1 heterocycles. The molecule has 0 unspecified atom stereocenters. The van der Waals surface area contributed by atoms with Crippen LogP contribution in [0.5, 0.6) is 0 Å². The number of H-pyrrole nitrogens is 1. The van der Waals surface area contributed by atoms with Crippen molar-refractivity contribution in [3.8, 4) is 0 Å². The lowest BCUT2D eigenvalue weighted by Crippen LogP contribution is -2.43. The third-order valence-electron chi connectivity index (χ3n) is 3.83. The molecule has 0 aliphatic carbocycles. The van der Waals surface area contributed by atoms with Gasteiger partial charge in [0.2, 0.25) is 5.91 Å². The predicted molar refractivity (Wildman–Crippen MR) is 86.0 cm³/mol. The molecule has 0 aliphatic heterocycles. The number of benzene rings is 1. The Balaban J connectivity index is 2.24. The number of nitrogens with zero attached hydrogens (tertiary/aromatic N) is 1. The standard InChI is InChI=1S/C16H21N3O3/c1-4-16(2,3)18-13(20)9-10-19-12-8-6-5-7-11(12)14(21)17-15(19)22/h5-8H,4,9-10H2,1-3H3,(H,18,20)(H,17,21,22). The number of nitrogens with one attached hydrogen (secondary N) is 2. The van der Waals surface area contributed by atoms with Crippen molar-refractivity contribution in [2.75, 3.05) is 0 Å². The lowest BCUT2D eigenvalue weighted by Gasteiger charge is -2.24. The minimum absolute atomic E-state index is 0.117. The normalized spacial score (nSPS) is 11.6. The Kier molecular flexibility index (Phi) is 4.49. The van der Waals surface area contributed by atoms with E-state index in [1.807, 2.05) is 20.8 Å². The Morgan fingerprint density at radius 3 is 2.64 bits per heavy atom. The summed E-state index contributed by atoms with van der Waals surface area (Å²) in [6.45, 7) is 6.13. The van der Waals surface area contributed by atoms with E-state index in [1.54, 1.807) is 24.3 Å². The van der Waals surface area contributed by atoms with Crippen molar-refractivity contribution in [2.24, 2.45) is 0 Å². The fourth-order valence-electron chi connectivity index (χ4n) is 2.21. The van der Waals surface area contributed by atoms with Gasteiger partial charge in [-0.25, -0.2) is 4.79 Å². The van der Waals surface area contributed by atoms with E-state index in [0.29, 0.717) is 10.9 Å². The minimum Gasteiger partial charge on any atom is -0.351 e. The van der Waals surface area contributed by atoms with Gasteiger partial charge >= 0.3 is 5.69 Å². The maximum Gasteiger partial charge on any atom is 0.328 e. The van der Waals surface area contributed by atoms with Crippen molar-refractivity contribution in [2.45, 2.75) is 45.7 Å². The lowest BCUT2D eigenvalue weighted by molar-refractivity contribution is -0.122. The van der Waals surface area contributed by atoms with Gasteiger partial charge in [-0.2, -0.15) is 0 Å². The van der Waals surface area contributed by atoms with Crippen LogP contribution in [-0.4, -0.2) is 21.0 Å². The molecule has 1 aromatic heterocycles. The van der Waals surface area contributed by atoms with Gasteiger partial charge in [0, 0.05) is 18.5 Å². The molecule has 2 aromatic rings. The third kappa shape index (κ3) is 3.44. The smallest absolute Gasteiger partial charge is 0.328 e. The van der Waals surface area contributed by atoms with E-state index in [-0.39, 0.29) is 24.4 Å². The van der Waals surface area contributed by atoms with Crippen molar-refractivity contribution >= 4 is 16.8 Å². The second kappa shape index (κ2) is 6.17. The highest BCUT2D eigenvalue weighted by Gasteiger charge is 2.18. The second-order valence-corrected chi connectivity index (χ2v) is 5.96. The number of para-hydroxylation sites is 1. The molecule has 0 radical (unpaired) electrons. The number of amides is 1. The summed E-state index contributed by atoms with van der Waals surface area (Å²) < 4.78 is 1.43. The number of carbonyl (C=O) groups excluding carboxylic acids is 1. The Hall–Kier alpha value is -2.37. The Bertz CT molecular complexity index is 802. The molecular formula is C16H21N3O3. The number of aromatic amines is 1. The molecule has 2 rings (SSSR count). The summed E-state index contributed by atoms with van der Waals surface area (Å²) in [5, 5.41) is 3.37. The molecule has 1 amide bonds. The van der Waals surface area contributed by atoms with Crippen LogP contribution < -0.4 is 16.6 Å². The van der Waals surface area contributed by atoms with Gasteiger partial charge in [0.1, 0.15) is 0 Å². The van der Waals surface area contributed by atoms with Gasteiger partial charge in [-0.15, -0.1) is 0 Å². The highest BCUT2D eigenvalue weighted by Crippen LogP contribution is 2.09. The van der Waals surface area contributed by atoms with Gasteiger partial charge < -0.3 is 5.32 Å². The molecule has 0 bridgehead atoms. The summed E-state index contributed by atoms with van der Waals surface area (Å²) in [7, 11) is 0. The number of carbonyl (C=O) groups is 1. The second-order valence-electron chi connectivity index (χ2n) is 5.96. The number of aryl methyl sites for hydroxylation is 1. The van der Waals surface area contributed by atoms with Gasteiger partial charge in [-0.1, -0.05) is 19.1 Å². The van der Waals surface area contributed by atoms with Gasteiger partial charge in [0.05, 0.1) is 10.9 Å². The zero-order valence-electron chi connectivity index (χ0n) is 13.1. The van der Waals surface area contributed by atoms with Crippen molar-refractivity contribution in [1.82, 2.24) is 14.9 Å². The van der Waals surface area contributed by atoms with Crippen molar-refractivity contribution in [3.63, 3.8) is 0 Å². The molecular weight excluding hydrogens is 282 g/mol. The fraction of sp³-hybridized carbons (Fsp3) is 0.438. The average Bonchev–Trinajstić information content (AvgIpc) is 2.46. The van der Waals surface area contributed by atoms with Gasteiger partial charge in [0.15, 0.2) is 0 Å². The van der Waals surface area contributed by atoms with Crippen LogP contribution in [0.3, 0.4) is 0 Å². The Labute approximate surface area is 128 Å². The molecule has 2 N–H and O–H groups in total. The number of hydrogen-bond donors (Lipinski definition) is 2. The Morgan fingerprint density at radius 2 is 1.95 bits per heavy atom. The minimum atomic E-state index is -0.494. The summed E-state index contributed by atoms with van der Waals surface area (Å²) in [6, 6.07) is 6.87. The summed E-state index contributed by atoms with van der Waals surface area (Å²) in [5.74, 6) is -0.117. The van der Waals surface area contributed by atoms with Crippen LogP contribution in [0.4, 0.5) is 0 Å². The van der Waals surface area contributed by atoms with Gasteiger partial charge in [0.25, 0.3) is 5.56 Å². The number of aromatic nitrogens is 2. The van der Waals surface area contributed by atoms with E-state index < -0.39 is 11.2 Å². The molecule has 22 heavy (non-hydrogen) atoms. The molecule has 0 saturated carbocycles.